The molecule has 272 valence electrons. The van der Waals surface area contributed by atoms with Gasteiger partial charge < -0.3 is 9.47 Å². The monoisotopic (exact) mass is 770 g/mol. The maximum absolute atomic E-state index is 11.3. The van der Waals surface area contributed by atoms with E-state index in [2.05, 4.69) is 115 Å². The van der Waals surface area contributed by atoms with E-state index < -0.39 is 18.4 Å². The van der Waals surface area contributed by atoms with E-state index in [-0.39, 0.29) is 27.8 Å². The molecule has 2 aromatic carbocycles. The predicted octanol–water partition coefficient (Wildman–Crippen LogP) is 13.8. The number of fused-ring (bicyclic) bond motifs is 2. The molecule has 0 fully saturated rings. The van der Waals surface area contributed by atoms with Crippen molar-refractivity contribution in [2.24, 2.45) is 0 Å². The smallest absolute Gasteiger partial charge is 0.159 e. The second-order valence-corrected chi connectivity index (χ2v) is 30.1. The van der Waals surface area contributed by atoms with Gasteiger partial charge >= 0.3 is 108 Å². The summed E-state index contributed by atoms with van der Waals surface area (Å²) in [6.07, 6.45) is 8.46. The average Bonchev–Trinajstić information content (AvgIpc) is 3.31. The zero-order valence-corrected chi connectivity index (χ0v) is 37.1. The van der Waals surface area contributed by atoms with Crippen molar-refractivity contribution in [2.45, 2.75) is 185 Å². The van der Waals surface area contributed by atoms with Gasteiger partial charge in [-0.15, -0.1) is 0 Å². The van der Waals surface area contributed by atoms with Crippen LogP contribution in [-0.2, 0) is 10.8 Å². The van der Waals surface area contributed by atoms with Crippen LogP contribution >= 0.6 is 0 Å². The van der Waals surface area contributed by atoms with Gasteiger partial charge in [-0.2, -0.15) is 0 Å². The van der Waals surface area contributed by atoms with Gasteiger partial charge in [0.15, 0.2) is 5.78 Å². The fourth-order valence-corrected chi connectivity index (χ4v) is 21.2. The Hall–Kier alpha value is -1.75. The Kier molecular flexibility index (Phi) is 17.0. The van der Waals surface area contributed by atoms with Crippen LogP contribution in [0.25, 0.3) is 0 Å². The molecule has 0 atom stereocenters. The molecule has 0 aliphatic carbocycles. The van der Waals surface area contributed by atoms with Crippen LogP contribution in [0.1, 0.15) is 169 Å². The number of hydrogen-bond acceptors (Lipinski definition) is 3. The molecule has 0 radical (unpaired) electrons. The van der Waals surface area contributed by atoms with E-state index in [1.165, 1.54) is 55.2 Å². The van der Waals surface area contributed by atoms with Crippen molar-refractivity contribution in [3.05, 3.63) is 68.8 Å². The Morgan fingerprint density at radius 3 is 1.40 bits per heavy atom. The zero-order chi connectivity index (χ0) is 37.1. The Balaban J connectivity index is 0.000000351. The van der Waals surface area contributed by atoms with Crippen LogP contribution in [0.4, 0.5) is 0 Å². The topological polar surface area (TPSA) is 35.5 Å². The third-order valence-electron chi connectivity index (χ3n) is 11.5. The van der Waals surface area contributed by atoms with E-state index in [4.69, 9.17) is 9.47 Å². The first-order valence-corrected chi connectivity index (χ1v) is 26.5. The summed E-state index contributed by atoms with van der Waals surface area (Å²) in [4.78, 5) is 11.3. The molecule has 0 N–H and O–H groups in total. The van der Waals surface area contributed by atoms with Crippen LogP contribution in [0.2, 0.25) is 13.3 Å². The molecule has 0 spiro atoms. The summed E-state index contributed by atoms with van der Waals surface area (Å²) in [7, 11) is 0. The molecule has 2 aliphatic rings. The van der Waals surface area contributed by atoms with Crippen LogP contribution < -0.4 is 9.47 Å². The number of carbonyl (C=O) groups is 1. The van der Waals surface area contributed by atoms with Gasteiger partial charge in [-0.1, -0.05) is 65.8 Å². The van der Waals surface area contributed by atoms with Crippen molar-refractivity contribution in [2.75, 3.05) is 0 Å². The summed E-state index contributed by atoms with van der Waals surface area (Å²) in [6, 6.07) is 12.2. The minimum atomic E-state index is -1.94. The molecule has 2 heterocycles. The number of rotatable bonds is 11. The van der Waals surface area contributed by atoms with Gasteiger partial charge in [0, 0.05) is 27.5 Å². The molecule has 0 amide bonds. The molecule has 48 heavy (non-hydrogen) atoms. The van der Waals surface area contributed by atoms with Crippen molar-refractivity contribution in [3.8, 4) is 11.5 Å². The average molecular weight is 770 g/mol. The second-order valence-electron chi connectivity index (χ2n) is 16.1. The number of ether oxygens (including phenoxy) is 2. The SMILES string of the molecule is C=[C](C)[Sn]([CH2]CCC)([CH2]CCC)[CH2]CCC.CC.CC(=O)c1ccc2c(c1)OC(C)(C)C2(C)C.Cc1ccc2c(c1)OC(C)(C)C2(C)C. The van der Waals surface area contributed by atoms with E-state index in [1.807, 2.05) is 32.0 Å². The minimum absolute atomic E-state index is 0.0301. The third-order valence-corrected chi connectivity index (χ3v) is 27.9. The van der Waals surface area contributed by atoms with Gasteiger partial charge in [0.25, 0.3) is 0 Å². The molecule has 3 nitrogen and oxygen atoms in total. The molecule has 4 rings (SSSR count). The fourth-order valence-electron chi connectivity index (χ4n) is 6.59. The van der Waals surface area contributed by atoms with Crippen molar-refractivity contribution in [1.82, 2.24) is 0 Å². The first-order chi connectivity index (χ1) is 22.2. The second kappa shape index (κ2) is 18.5. The first kappa shape index (κ1) is 44.3. The standard InChI is InChI=1S/C14H18O2.C13H18O.3C4H9.C3H5.C2H6.Sn/c1-9(15)10-6-7-11-12(8-10)16-14(4,5)13(11,2)3;1-9-6-7-10-11(8-9)14-13(4,5)12(10,2)3;3*1-3-4-2;1-3-2;1-2;/h6-8H,1-5H3;6-8H,1-5H3;3*1,3-4H2,2H3;1H2,2H3;1-2H3;. The van der Waals surface area contributed by atoms with Gasteiger partial charge in [0.1, 0.15) is 22.7 Å². The van der Waals surface area contributed by atoms with E-state index >= 15 is 0 Å². The van der Waals surface area contributed by atoms with Gasteiger partial charge in [-0.25, -0.2) is 0 Å². The van der Waals surface area contributed by atoms with Crippen LogP contribution in [0.5, 0.6) is 11.5 Å². The minimum Gasteiger partial charge on any atom is -0.487 e. The Labute approximate surface area is 301 Å². The van der Waals surface area contributed by atoms with Crippen LogP contribution in [0.3, 0.4) is 0 Å². The Bertz CT molecular complexity index is 1310. The first-order valence-electron chi connectivity index (χ1n) is 19.0. The van der Waals surface area contributed by atoms with Crippen LogP contribution in [0, 0.1) is 6.92 Å². The zero-order valence-electron chi connectivity index (χ0n) is 34.3. The number of benzene rings is 2. The van der Waals surface area contributed by atoms with E-state index in [1.54, 1.807) is 23.8 Å². The summed E-state index contributed by atoms with van der Waals surface area (Å²) in [5.74, 6) is 1.98. The molecule has 2 aromatic rings. The fraction of sp³-hybridized carbons (Fsp3) is 0.659. The van der Waals surface area contributed by atoms with Crippen LogP contribution in [-0.4, -0.2) is 35.4 Å². The Morgan fingerprint density at radius 1 is 0.667 bits per heavy atom. The van der Waals surface area contributed by atoms with Crippen molar-refractivity contribution in [1.29, 1.82) is 0 Å². The Morgan fingerprint density at radius 2 is 1.04 bits per heavy atom. The van der Waals surface area contributed by atoms with Gasteiger partial charge in [0.2, 0.25) is 0 Å². The van der Waals surface area contributed by atoms with Gasteiger partial charge in [-0.05, 0) is 59.2 Å². The quantitative estimate of drug-likeness (QED) is 0.169. The van der Waals surface area contributed by atoms with Crippen molar-refractivity contribution < 1.29 is 14.3 Å². The molecule has 4 heteroatoms. The molecule has 0 bridgehead atoms. The summed E-state index contributed by atoms with van der Waals surface area (Å²) in [5, 5.41) is 0. The summed E-state index contributed by atoms with van der Waals surface area (Å²) < 4.78 is 18.3. The molecule has 0 saturated carbocycles. The number of aryl methyl sites for hydroxylation is 1. The molecular weight excluding hydrogens is 695 g/mol. The molecular formula is C44H74O3Sn. The van der Waals surface area contributed by atoms with E-state index in [0.717, 1.165) is 11.5 Å². The van der Waals surface area contributed by atoms with Crippen LogP contribution in [0.15, 0.2) is 46.6 Å². The predicted molar refractivity (Wildman–Crippen MR) is 214 cm³/mol. The summed E-state index contributed by atoms with van der Waals surface area (Å²) >= 11 is -1.94. The van der Waals surface area contributed by atoms with E-state index in [0.29, 0.717) is 5.56 Å². The molecule has 0 saturated heterocycles. The summed E-state index contributed by atoms with van der Waals surface area (Å²) in [6.45, 7) is 38.7. The number of ketones is 1. The van der Waals surface area contributed by atoms with Crippen molar-refractivity contribution >= 4 is 24.2 Å². The van der Waals surface area contributed by atoms with E-state index in [9.17, 15) is 4.79 Å². The number of hydrogen-bond donors (Lipinski definition) is 0. The molecule has 0 unspecified atom stereocenters. The van der Waals surface area contributed by atoms with Crippen molar-refractivity contribution in [3.63, 3.8) is 0 Å². The molecule has 2 aliphatic heterocycles. The van der Waals surface area contributed by atoms with Gasteiger partial charge in [-0.3, -0.25) is 4.79 Å². The third kappa shape index (κ3) is 10.4. The largest absolute Gasteiger partial charge is 0.487 e. The number of unbranched alkanes of at least 4 members (excludes halogenated alkanes) is 3. The normalized spacial score (nSPS) is 17.0. The van der Waals surface area contributed by atoms with Gasteiger partial charge in [0.05, 0.1) is 0 Å². The number of Topliss-reactive ketones (excluding diaryl/α,β-unsaturated/α-hetero) is 1. The number of carbonyl (C=O) groups excluding carboxylic acids is 1. The maximum atomic E-state index is 11.3. The molecule has 0 aromatic heterocycles. The summed E-state index contributed by atoms with van der Waals surface area (Å²) in [5.41, 5.74) is 4.21. The number of allylic oxidation sites excluding steroid dienone is 1. The maximum Gasteiger partial charge on any atom is 0.159 e.